The molecule has 2 aromatic rings. The minimum atomic E-state index is -0.459. The first kappa shape index (κ1) is 23.9. The molecule has 1 aliphatic rings. The molecule has 1 saturated heterocycles. The van der Waals surface area contributed by atoms with Gasteiger partial charge in [-0.15, -0.1) is 0 Å². The van der Waals surface area contributed by atoms with E-state index >= 15 is 0 Å². The van der Waals surface area contributed by atoms with Crippen LogP contribution >= 0.6 is 34.4 Å². The molecule has 0 aliphatic carbocycles. The quantitative estimate of drug-likeness (QED) is 0.291. The zero-order valence-electron chi connectivity index (χ0n) is 17.6. The normalized spacial score (nSPS) is 15.6. The van der Waals surface area contributed by atoms with Crippen molar-refractivity contribution < 1.29 is 28.5 Å². The van der Waals surface area contributed by atoms with Crippen molar-refractivity contribution in [3.05, 3.63) is 50.4 Å². The summed E-state index contributed by atoms with van der Waals surface area (Å²) >= 11 is 3.34. The number of amidine groups is 1. The third-order valence-electron chi connectivity index (χ3n) is 4.14. The van der Waals surface area contributed by atoms with Crippen molar-refractivity contribution in [2.75, 3.05) is 27.4 Å². The molecular formula is C22H21IN2O6S. The van der Waals surface area contributed by atoms with Crippen LogP contribution < -0.4 is 19.5 Å². The lowest BCUT2D eigenvalue weighted by atomic mass is 10.2. The van der Waals surface area contributed by atoms with Crippen LogP contribution in [-0.4, -0.2) is 44.5 Å². The smallest absolute Gasteiger partial charge is 0.344 e. The SMILES string of the molecule is CCOC(=O)COc1c(I)cc(C=C2SC(=Nc3ccc(OC)cc3)NC2=O)cc1OC. The van der Waals surface area contributed by atoms with Crippen molar-refractivity contribution in [3.8, 4) is 17.2 Å². The highest BCUT2D eigenvalue weighted by molar-refractivity contribution is 14.1. The molecule has 3 rings (SSSR count). The van der Waals surface area contributed by atoms with Crippen molar-refractivity contribution in [2.45, 2.75) is 6.92 Å². The molecular weight excluding hydrogens is 547 g/mol. The molecule has 0 bridgehead atoms. The third kappa shape index (κ3) is 6.16. The van der Waals surface area contributed by atoms with Crippen molar-refractivity contribution in [1.29, 1.82) is 0 Å². The average molecular weight is 568 g/mol. The van der Waals surface area contributed by atoms with Gasteiger partial charge in [-0.05, 0) is 89.3 Å². The number of thioether (sulfide) groups is 1. The highest BCUT2D eigenvalue weighted by atomic mass is 127. The van der Waals surface area contributed by atoms with E-state index in [1.54, 1.807) is 38.3 Å². The molecule has 8 nitrogen and oxygen atoms in total. The van der Waals surface area contributed by atoms with E-state index in [1.165, 1.54) is 18.9 Å². The molecule has 0 spiro atoms. The lowest BCUT2D eigenvalue weighted by Gasteiger charge is -2.13. The number of benzene rings is 2. The van der Waals surface area contributed by atoms with Crippen molar-refractivity contribution in [1.82, 2.24) is 5.32 Å². The maximum Gasteiger partial charge on any atom is 0.344 e. The lowest BCUT2D eigenvalue weighted by molar-refractivity contribution is -0.145. The van der Waals surface area contributed by atoms with Crippen LogP contribution in [0.25, 0.3) is 6.08 Å². The first-order chi connectivity index (χ1) is 15.4. The van der Waals surface area contributed by atoms with Gasteiger partial charge in [-0.1, -0.05) is 0 Å². The van der Waals surface area contributed by atoms with Crippen molar-refractivity contribution in [2.24, 2.45) is 4.99 Å². The number of esters is 1. The van der Waals surface area contributed by atoms with E-state index in [2.05, 4.69) is 32.9 Å². The van der Waals surface area contributed by atoms with Gasteiger partial charge in [-0.25, -0.2) is 9.79 Å². The van der Waals surface area contributed by atoms with E-state index < -0.39 is 5.97 Å². The van der Waals surface area contributed by atoms with Gasteiger partial charge in [0.05, 0.1) is 35.0 Å². The Morgan fingerprint density at radius 1 is 1.19 bits per heavy atom. The fraction of sp³-hybridized carbons (Fsp3) is 0.227. The average Bonchev–Trinajstić information content (AvgIpc) is 3.11. The molecule has 0 radical (unpaired) electrons. The molecule has 0 atom stereocenters. The maximum absolute atomic E-state index is 12.4. The summed E-state index contributed by atoms with van der Waals surface area (Å²) in [5, 5.41) is 3.25. The Morgan fingerprint density at radius 3 is 2.59 bits per heavy atom. The molecule has 1 N–H and O–H groups in total. The number of halogens is 1. The Hall–Kier alpha value is -2.73. The largest absolute Gasteiger partial charge is 0.497 e. The van der Waals surface area contributed by atoms with Crippen molar-refractivity contribution >= 4 is 63.2 Å². The highest BCUT2D eigenvalue weighted by Crippen LogP contribution is 2.36. The molecule has 2 aromatic carbocycles. The van der Waals surface area contributed by atoms with E-state index in [0.717, 1.165) is 14.9 Å². The minimum Gasteiger partial charge on any atom is -0.497 e. The Balaban J connectivity index is 1.78. The predicted octanol–water partition coefficient (Wildman–Crippen LogP) is 4.14. The van der Waals surface area contributed by atoms with Gasteiger partial charge in [0, 0.05) is 0 Å². The summed E-state index contributed by atoms with van der Waals surface area (Å²) in [5.74, 6) is 0.922. The summed E-state index contributed by atoms with van der Waals surface area (Å²) in [4.78, 5) is 29.0. The van der Waals surface area contributed by atoms with Gasteiger partial charge in [0.1, 0.15) is 5.75 Å². The van der Waals surface area contributed by atoms with Gasteiger partial charge >= 0.3 is 5.97 Å². The number of carbonyl (C=O) groups is 2. The molecule has 0 aromatic heterocycles. The Morgan fingerprint density at radius 2 is 1.94 bits per heavy atom. The predicted molar refractivity (Wildman–Crippen MR) is 132 cm³/mol. The molecule has 0 saturated carbocycles. The van der Waals surface area contributed by atoms with Crippen LogP contribution in [0.5, 0.6) is 17.2 Å². The summed E-state index contributed by atoms with van der Waals surface area (Å²) in [6.07, 6.45) is 1.75. The van der Waals surface area contributed by atoms with Crippen LogP contribution in [0.3, 0.4) is 0 Å². The second-order valence-electron chi connectivity index (χ2n) is 6.31. The van der Waals surface area contributed by atoms with Crippen LogP contribution in [0.1, 0.15) is 12.5 Å². The van der Waals surface area contributed by atoms with Crippen LogP contribution in [0.2, 0.25) is 0 Å². The number of methoxy groups -OCH3 is 2. The Kier molecular flexibility index (Phi) is 8.39. The maximum atomic E-state index is 12.4. The second-order valence-corrected chi connectivity index (χ2v) is 8.50. The zero-order chi connectivity index (χ0) is 23.1. The number of aliphatic imine (C=N–C) groups is 1. The van der Waals surface area contributed by atoms with Crippen LogP contribution in [0.4, 0.5) is 5.69 Å². The Bertz CT molecular complexity index is 1070. The van der Waals surface area contributed by atoms with Gasteiger partial charge in [0.2, 0.25) is 0 Å². The summed E-state index contributed by atoms with van der Waals surface area (Å²) in [6.45, 7) is 1.80. The molecule has 0 unspecified atom stereocenters. The van der Waals surface area contributed by atoms with E-state index in [0.29, 0.717) is 27.3 Å². The molecule has 168 valence electrons. The first-order valence-corrected chi connectivity index (χ1v) is 11.4. The number of nitrogens with one attached hydrogen (secondary N) is 1. The van der Waals surface area contributed by atoms with E-state index in [1.807, 2.05) is 18.2 Å². The molecule has 1 heterocycles. The summed E-state index contributed by atoms with van der Waals surface area (Å²) in [6, 6.07) is 10.8. The van der Waals surface area contributed by atoms with Crippen LogP contribution in [0, 0.1) is 3.57 Å². The second kappa shape index (κ2) is 11.2. The standard InChI is InChI=1S/C22H21IN2O6S/c1-4-30-19(26)12-31-20-16(23)9-13(10-17(20)29-3)11-18-21(27)25-22(32-18)24-14-5-7-15(28-2)8-6-14/h5-11H,4,12H2,1-3H3,(H,24,25,27). The summed E-state index contributed by atoms with van der Waals surface area (Å²) in [7, 11) is 3.11. The topological polar surface area (TPSA) is 95.5 Å². The van der Waals surface area contributed by atoms with E-state index in [-0.39, 0.29) is 19.1 Å². The summed E-state index contributed by atoms with van der Waals surface area (Å²) in [5.41, 5.74) is 1.45. The summed E-state index contributed by atoms with van der Waals surface area (Å²) < 4.78 is 21.7. The number of hydrogen-bond acceptors (Lipinski definition) is 8. The highest BCUT2D eigenvalue weighted by Gasteiger charge is 2.24. The number of nitrogens with zero attached hydrogens (tertiary/aromatic N) is 1. The monoisotopic (exact) mass is 568 g/mol. The van der Waals surface area contributed by atoms with Crippen molar-refractivity contribution in [3.63, 3.8) is 0 Å². The van der Waals surface area contributed by atoms with Gasteiger partial charge < -0.3 is 24.3 Å². The number of hydrogen-bond donors (Lipinski definition) is 1. The van der Waals surface area contributed by atoms with E-state index in [4.69, 9.17) is 18.9 Å². The molecule has 10 heteroatoms. The molecule has 32 heavy (non-hydrogen) atoms. The fourth-order valence-electron chi connectivity index (χ4n) is 2.70. The molecule has 1 amide bonds. The lowest BCUT2D eigenvalue weighted by Crippen LogP contribution is -2.19. The first-order valence-electron chi connectivity index (χ1n) is 9.53. The van der Waals surface area contributed by atoms with Gasteiger partial charge in [-0.2, -0.15) is 0 Å². The fourth-order valence-corrected chi connectivity index (χ4v) is 4.33. The third-order valence-corrected chi connectivity index (χ3v) is 5.85. The molecule has 1 fully saturated rings. The number of carbonyl (C=O) groups excluding carboxylic acids is 2. The minimum absolute atomic E-state index is 0.218. The van der Waals surface area contributed by atoms with E-state index in [9.17, 15) is 9.59 Å². The van der Waals surface area contributed by atoms with Crippen LogP contribution in [0.15, 0.2) is 46.3 Å². The number of rotatable bonds is 8. The zero-order valence-corrected chi connectivity index (χ0v) is 20.6. The van der Waals surface area contributed by atoms with Gasteiger partial charge in [-0.3, -0.25) is 4.79 Å². The Labute approximate surface area is 203 Å². The van der Waals surface area contributed by atoms with Gasteiger partial charge in [0.25, 0.3) is 5.91 Å². The number of ether oxygens (including phenoxy) is 4. The van der Waals surface area contributed by atoms with Crippen LogP contribution in [-0.2, 0) is 14.3 Å². The molecule has 1 aliphatic heterocycles. The number of amides is 1. The van der Waals surface area contributed by atoms with Gasteiger partial charge in [0.15, 0.2) is 23.3 Å².